The van der Waals surface area contributed by atoms with Crippen LogP contribution in [0.2, 0.25) is 0 Å². The van der Waals surface area contributed by atoms with Crippen LogP contribution in [0.5, 0.6) is 0 Å². The number of nitrogens with zero attached hydrogens (tertiary/aromatic N) is 4. The second kappa shape index (κ2) is 13.2. The Bertz CT molecular complexity index is 3040. The van der Waals surface area contributed by atoms with E-state index >= 15 is 0 Å². The predicted molar refractivity (Wildman–Crippen MR) is 233 cm³/mol. The Kier molecular flexibility index (Phi) is 7.59. The van der Waals surface area contributed by atoms with Crippen LogP contribution in [0.25, 0.3) is 88.8 Å². The molecule has 1 aliphatic rings. The molecule has 1 atom stereocenters. The number of allylic oxidation sites excluding steroid dienone is 4. The molecule has 0 N–H and O–H groups in total. The van der Waals surface area contributed by atoms with Crippen LogP contribution in [0, 0.1) is 0 Å². The summed E-state index contributed by atoms with van der Waals surface area (Å²) >= 11 is 0. The lowest BCUT2D eigenvalue weighted by Gasteiger charge is -2.25. The van der Waals surface area contributed by atoms with Gasteiger partial charge >= 0.3 is 0 Å². The van der Waals surface area contributed by atoms with E-state index in [0.29, 0.717) is 0 Å². The van der Waals surface area contributed by atoms with Crippen LogP contribution in [-0.2, 0) is 0 Å². The fourth-order valence-electron chi connectivity index (χ4n) is 8.67. The van der Waals surface area contributed by atoms with E-state index in [2.05, 4.69) is 203 Å². The van der Waals surface area contributed by atoms with Crippen molar-refractivity contribution in [1.82, 2.24) is 19.1 Å². The highest BCUT2D eigenvalue weighted by Crippen LogP contribution is 2.42. The summed E-state index contributed by atoms with van der Waals surface area (Å²) in [6.07, 6.45) is 5.59. The van der Waals surface area contributed by atoms with Gasteiger partial charge in [0.15, 0.2) is 5.82 Å². The topological polar surface area (TPSA) is 35.6 Å². The van der Waals surface area contributed by atoms with E-state index in [1.54, 1.807) is 0 Å². The van der Waals surface area contributed by atoms with Gasteiger partial charge in [0.25, 0.3) is 0 Å². The van der Waals surface area contributed by atoms with Crippen LogP contribution < -0.4 is 0 Å². The molecule has 0 saturated heterocycles. The first-order chi connectivity index (χ1) is 27.8. The third-order valence-electron chi connectivity index (χ3n) is 11.3. The fourth-order valence-corrected chi connectivity index (χ4v) is 8.67. The molecule has 10 aromatic rings. The molecule has 0 saturated carbocycles. The van der Waals surface area contributed by atoms with Gasteiger partial charge in [-0.15, -0.1) is 0 Å². The summed E-state index contributed by atoms with van der Waals surface area (Å²) in [5, 5.41) is 4.99. The van der Waals surface area contributed by atoms with Gasteiger partial charge in [-0.3, -0.25) is 0 Å². The van der Waals surface area contributed by atoms with E-state index in [-0.39, 0.29) is 5.92 Å². The van der Waals surface area contributed by atoms with E-state index in [4.69, 9.17) is 9.97 Å². The van der Waals surface area contributed by atoms with Crippen molar-refractivity contribution in [2.45, 2.75) is 12.3 Å². The van der Waals surface area contributed by atoms with Crippen molar-refractivity contribution >= 4 is 55.0 Å². The highest BCUT2D eigenvalue weighted by molar-refractivity contribution is 6.12. The van der Waals surface area contributed by atoms with Gasteiger partial charge in [-0.1, -0.05) is 164 Å². The van der Waals surface area contributed by atoms with Gasteiger partial charge in [0.05, 0.1) is 33.5 Å². The van der Waals surface area contributed by atoms with Crippen molar-refractivity contribution < 1.29 is 0 Å². The molecule has 0 spiro atoms. The number of rotatable bonds is 6. The van der Waals surface area contributed by atoms with Crippen molar-refractivity contribution in [3.05, 3.63) is 206 Å². The molecule has 3 heterocycles. The molecule has 0 amide bonds. The molecule has 1 unspecified atom stereocenters. The Labute approximate surface area is 325 Å². The van der Waals surface area contributed by atoms with Gasteiger partial charge in [0.2, 0.25) is 0 Å². The number of hydrogen-bond acceptors (Lipinski definition) is 2. The molecule has 0 aliphatic heterocycles. The highest BCUT2D eigenvalue weighted by Gasteiger charge is 2.26. The van der Waals surface area contributed by atoms with Crippen molar-refractivity contribution in [3.63, 3.8) is 0 Å². The van der Waals surface area contributed by atoms with Crippen LogP contribution in [-0.4, -0.2) is 19.1 Å². The average Bonchev–Trinajstić information content (AvgIpc) is 3.80. The maximum Gasteiger partial charge on any atom is 0.160 e. The smallest absolute Gasteiger partial charge is 0.160 e. The Morgan fingerprint density at radius 3 is 1.41 bits per heavy atom. The number of fused-ring (bicyclic) bond motifs is 6. The SMILES string of the molecule is C1=C(n2c3ccccc3c3ccccc32)C=C(n2c3ccccc3c3ccccc32)CC1c1cc(-c2ccc(-c3ccccc3)cc2)nc(-c2ccccc2)n1. The quantitative estimate of drug-likeness (QED) is 0.172. The largest absolute Gasteiger partial charge is 0.313 e. The Morgan fingerprint density at radius 2 is 0.857 bits per heavy atom. The second-order valence-electron chi connectivity index (χ2n) is 14.6. The first kappa shape index (κ1) is 32.2. The monoisotopic (exact) mass is 716 g/mol. The van der Waals surface area contributed by atoms with Crippen LogP contribution in [0.3, 0.4) is 0 Å². The van der Waals surface area contributed by atoms with Crippen molar-refractivity contribution in [2.24, 2.45) is 0 Å². The van der Waals surface area contributed by atoms with Gasteiger partial charge in [-0.2, -0.15) is 0 Å². The fraction of sp³-hybridized carbons (Fsp3) is 0.0385. The predicted octanol–water partition coefficient (Wildman–Crippen LogP) is 13.3. The van der Waals surface area contributed by atoms with Crippen LogP contribution in [0.15, 0.2) is 200 Å². The summed E-state index contributed by atoms with van der Waals surface area (Å²) in [5.74, 6) is 0.683. The lowest BCUT2D eigenvalue weighted by atomic mass is 9.91. The van der Waals surface area contributed by atoms with Gasteiger partial charge in [0, 0.05) is 56.4 Å². The van der Waals surface area contributed by atoms with E-state index in [9.17, 15) is 0 Å². The first-order valence-electron chi connectivity index (χ1n) is 19.3. The zero-order valence-electron chi connectivity index (χ0n) is 30.6. The Morgan fingerprint density at radius 1 is 0.411 bits per heavy atom. The summed E-state index contributed by atoms with van der Waals surface area (Å²) in [5.41, 5.74) is 13.5. The third-order valence-corrected chi connectivity index (χ3v) is 11.3. The zero-order valence-corrected chi connectivity index (χ0v) is 30.6. The molecule has 4 nitrogen and oxygen atoms in total. The van der Waals surface area contributed by atoms with Crippen molar-refractivity contribution in [3.8, 4) is 33.8 Å². The molecule has 0 radical (unpaired) electrons. The molecular weight excluding hydrogens is 681 g/mol. The molecule has 7 aromatic carbocycles. The van der Waals surface area contributed by atoms with Gasteiger partial charge < -0.3 is 9.13 Å². The van der Waals surface area contributed by atoms with Crippen LogP contribution >= 0.6 is 0 Å². The molecule has 1 aliphatic carbocycles. The molecule has 3 aromatic heterocycles. The molecule has 0 bridgehead atoms. The van der Waals surface area contributed by atoms with E-state index in [1.807, 2.05) is 6.07 Å². The lowest BCUT2D eigenvalue weighted by molar-refractivity contribution is 0.798. The minimum absolute atomic E-state index is 0.0438. The minimum atomic E-state index is -0.0438. The lowest BCUT2D eigenvalue weighted by Crippen LogP contribution is -2.12. The van der Waals surface area contributed by atoms with E-state index < -0.39 is 0 Å². The standard InChI is InChI=1S/C52H36N4/c1-3-15-35(16-4-1)36-27-29-37(30-28-36)46-34-47(54-52(53-46)38-17-5-2-6-18-38)39-31-40(55-48-23-11-7-19-42(48)43-20-8-12-24-49(43)55)33-41(32-39)56-50-25-13-9-21-44(50)45-22-10-14-26-51(45)56/h1-31,33-34,39H,32H2. The van der Waals surface area contributed by atoms with E-state index in [1.165, 1.54) is 60.4 Å². The Hall–Kier alpha value is -7.30. The third kappa shape index (κ3) is 5.38. The molecule has 56 heavy (non-hydrogen) atoms. The van der Waals surface area contributed by atoms with E-state index in [0.717, 1.165) is 40.5 Å². The average molecular weight is 717 g/mol. The first-order valence-corrected chi connectivity index (χ1v) is 19.3. The summed E-state index contributed by atoms with van der Waals surface area (Å²) in [4.78, 5) is 10.6. The maximum absolute atomic E-state index is 5.40. The van der Waals surface area contributed by atoms with Gasteiger partial charge in [-0.25, -0.2) is 9.97 Å². The summed E-state index contributed by atoms with van der Waals surface area (Å²) in [6.45, 7) is 0. The molecule has 4 heteroatoms. The maximum atomic E-state index is 5.40. The molecule has 11 rings (SSSR count). The minimum Gasteiger partial charge on any atom is -0.313 e. The summed E-state index contributed by atoms with van der Waals surface area (Å²) < 4.78 is 4.91. The van der Waals surface area contributed by atoms with Crippen LogP contribution in [0.4, 0.5) is 0 Å². The van der Waals surface area contributed by atoms with Gasteiger partial charge in [-0.05, 0) is 47.5 Å². The molecule has 0 fully saturated rings. The zero-order chi connectivity index (χ0) is 37.0. The molecular formula is C52H36N4. The number of benzene rings is 7. The number of para-hydroxylation sites is 4. The second-order valence-corrected chi connectivity index (χ2v) is 14.6. The van der Waals surface area contributed by atoms with Crippen molar-refractivity contribution in [1.29, 1.82) is 0 Å². The van der Waals surface area contributed by atoms with Gasteiger partial charge in [0.1, 0.15) is 0 Å². The number of aromatic nitrogens is 4. The number of hydrogen-bond donors (Lipinski definition) is 0. The van der Waals surface area contributed by atoms with Crippen LogP contribution in [0.1, 0.15) is 18.0 Å². The summed E-state index contributed by atoms with van der Waals surface area (Å²) in [6, 6.07) is 66.9. The normalized spacial score (nSPS) is 14.4. The summed E-state index contributed by atoms with van der Waals surface area (Å²) in [7, 11) is 0. The Balaban J connectivity index is 1.14. The highest BCUT2D eigenvalue weighted by atomic mass is 15.0. The van der Waals surface area contributed by atoms with Crippen molar-refractivity contribution in [2.75, 3.05) is 0 Å². The molecule has 264 valence electrons.